The predicted octanol–water partition coefficient (Wildman–Crippen LogP) is 3.42. The molecule has 1 fully saturated rings. The van der Waals surface area contributed by atoms with Gasteiger partial charge in [0, 0.05) is 6.04 Å². The zero-order valence-corrected chi connectivity index (χ0v) is 11.5. The second-order valence-corrected chi connectivity index (χ2v) is 5.18. The van der Waals surface area contributed by atoms with Crippen molar-refractivity contribution in [3.8, 4) is 0 Å². The average Bonchev–Trinajstić information content (AvgIpc) is 2.87. The van der Waals surface area contributed by atoms with E-state index in [0.717, 1.165) is 25.7 Å². The van der Waals surface area contributed by atoms with Gasteiger partial charge in [-0.15, -0.1) is 0 Å². The molecule has 1 aliphatic carbocycles. The van der Waals surface area contributed by atoms with Crippen LogP contribution in [0.5, 0.6) is 0 Å². The smallest absolute Gasteiger partial charge is 0.411 e. The number of hydrogen-bond donors (Lipinski definition) is 1. The van der Waals surface area contributed by atoms with Gasteiger partial charge >= 0.3 is 6.18 Å². The molecule has 2 rings (SSSR count). The quantitative estimate of drug-likeness (QED) is 0.907. The largest absolute Gasteiger partial charge is 0.453 e. The topological polar surface area (TPSA) is 51.5 Å². The fourth-order valence-electron chi connectivity index (χ4n) is 2.35. The maximum Gasteiger partial charge on any atom is 0.411 e. The minimum absolute atomic E-state index is 0.103. The summed E-state index contributed by atoms with van der Waals surface area (Å²) in [6, 6.07) is 3.05. The van der Waals surface area contributed by atoms with E-state index in [1.807, 2.05) is 0 Å². The number of carbonyl (C=O) groups is 1. The summed E-state index contributed by atoms with van der Waals surface area (Å²) in [5.74, 6) is -0.0248. The molecule has 0 spiro atoms. The third-order valence-corrected chi connectivity index (χ3v) is 3.34. The molecule has 0 aliphatic heterocycles. The minimum Gasteiger partial charge on any atom is -0.453 e. The van der Waals surface area contributed by atoms with Crippen LogP contribution in [0.1, 0.15) is 48.4 Å². The summed E-state index contributed by atoms with van der Waals surface area (Å²) in [7, 11) is 0. The van der Waals surface area contributed by atoms with Crippen LogP contribution in [0.3, 0.4) is 0 Å². The fraction of sp³-hybridized carbons (Fsp3) is 0.643. The van der Waals surface area contributed by atoms with Gasteiger partial charge in [-0.1, -0.05) is 19.3 Å². The Morgan fingerprint density at radius 2 is 2.00 bits per heavy atom. The first kappa shape index (κ1) is 15.9. The first-order valence-electron chi connectivity index (χ1n) is 6.98. The van der Waals surface area contributed by atoms with E-state index in [2.05, 4.69) is 10.1 Å². The Morgan fingerprint density at radius 3 is 2.67 bits per heavy atom. The molecule has 21 heavy (non-hydrogen) atoms. The maximum absolute atomic E-state index is 11.9. The third kappa shape index (κ3) is 5.41. The van der Waals surface area contributed by atoms with Crippen LogP contribution in [0.4, 0.5) is 13.2 Å². The van der Waals surface area contributed by atoms with Gasteiger partial charge in [0.15, 0.2) is 5.76 Å². The standard InChI is InChI=1S/C14H18F3NO3/c15-14(16,17)9-20-8-11-6-7-12(21-11)13(19)18-10-4-2-1-3-5-10/h6-7,10H,1-5,8-9H2,(H,18,19). The minimum atomic E-state index is -4.37. The summed E-state index contributed by atoms with van der Waals surface area (Å²) in [6.07, 6.45) is 0.920. The Kier molecular flexibility index (Phi) is 5.27. The molecular weight excluding hydrogens is 287 g/mol. The molecule has 118 valence electrons. The van der Waals surface area contributed by atoms with E-state index in [0.29, 0.717) is 0 Å². The van der Waals surface area contributed by atoms with Crippen LogP contribution < -0.4 is 5.32 Å². The second kappa shape index (κ2) is 6.98. The number of ether oxygens (including phenoxy) is 1. The van der Waals surface area contributed by atoms with Crippen molar-refractivity contribution in [1.29, 1.82) is 0 Å². The zero-order valence-electron chi connectivity index (χ0n) is 11.5. The maximum atomic E-state index is 11.9. The van der Waals surface area contributed by atoms with Crippen LogP contribution in [0.25, 0.3) is 0 Å². The van der Waals surface area contributed by atoms with Crippen LogP contribution in [0.2, 0.25) is 0 Å². The highest BCUT2D eigenvalue weighted by molar-refractivity contribution is 5.91. The van der Waals surface area contributed by atoms with Crippen molar-refractivity contribution >= 4 is 5.91 Å². The number of carbonyl (C=O) groups excluding carboxylic acids is 1. The van der Waals surface area contributed by atoms with Gasteiger partial charge in [-0.25, -0.2) is 0 Å². The van der Waals surface area contributed by atoms with Crippen molar-refractivity contribution < 1.29 is 27.1 Å². The summed E-state index contributed by atoms with van der Waals surface area (Å²) in [6.45, 7) is -1.65. The first-order chi connectivity index (χ1) is 9.94. The van der Waals surface area contributed by atoms with Crippen molar-refractivity contribution in [2.45, 2.75) is 50.9 Å². The van der Waals surface area contributed by atoms with Crippen molar-refractivity contribution in [2.75, 3.05) is 6.61 Å². The molecule has 1 heterocycles. The van der Waals surface area contributed by atoms with E-state index in [9.17, 15) is 18.0 Å². The number of halogens is 3. The average molecular weight is 305 g/mol. The number of rotatable bonds is 5. The van der Waals surface area contributed by atoms with Crippen LogP contribution in [0, 0.1) is 0 Å². The molecule has 0 aromatic carbocycles. The molecule has 0 bridgehead atoms. The number of alkyl halides is 3. The number of hydrogen-bond acceptors (Lipinski definition) is 3. The lowest BCUT2D eigenvalue weighted by Crippen LogP contribution is -2.35. The summed E-state index contributed by atoms with van der Waals surface area (Å²) in [4.78, 5) is 11.9. The van der Waals surface area contributed by atoms with Crippen molar-refractivity contribution in [3.63, 3.8) is 0 Å². The van der Waals surface area contributed by atoms with E-state index in [1.165, 1.54) is 18.6 Å². The van der Waals surface area contributed by atoms with Gasteiger partial charge in [0.2, 0.25) is 0 Å². The van der Waals surface area contributed by atoms with Gasteiger partial charge in [-0.2, -0.15) is 13.2 Å². The van der Waals surface area contributed by atoms with Gasteiger partial charge in [0.1, 0.15) is 19.0 Å². The molecule has 0 unspecified atom stereocenters. The molecule has 1 aromatic heterocycles. The van der Waals surface area contributed by atoms with E-state index in [1.54, 1.807) is 0 Å². The monoisotopic (exact) mass is 305 g/mol. The summed E-state index contributed by atoms with van der Waals surface area (Å²) < 4.78 is 45.5. The Hall–Kier alpha value is -1.50. The number of furan rings is 1. The normalized spacial score (nSPS) is 16.9. The lowest BCUT2D eigenvalue weighted by Gasteiger charge is -2.22. The van der Waals surface area contributed by atoms with Gasteiger partial charge in [-0.3, -0.25) is 4.79 Å². The number of amides is 1. The molecule has 1 aliphatic rings. The molecule has 7 heteroatoms. The van der Waals surface area contributed by atoms with E-state index >= 15 is 0 Å². The third-order valence-electron chi connectivity index (χ3n) is 3.34. The lowest BCUT2D eigenvalue weighted by molar-refractivity contribution is -0.177. The van der Waals surface area contributed by atoms with E-state index < -0.39 is 12.8 Å². The molecule has 1 amide bonds. The summed E-state index contributed by atoms with van der Waals surface area (Å²) >= 11 is 0. The Bertz CT molecular complexity index is 464. The molecule has 0 atom stereocenters. The highest BCUT2D eigenvalue weighted by atomic mass is 19.4. The van der Waals surface area contributed by atoms with Gasteiger partial charge in [0.25, 0.3) is 5.91 Å². The molecule has 4 nitrogen and oxygen atoms in total. The van der Waals surface area contributed by atoms with Gasteiger partial charge in [0.05, 0.1) is 0 Å². The first-order valence-corrected chi connectivity index (χ1v) is 6.98. The highest BCUT2D eigenvalue weighted by Crippen LogP contribution is 2.19. The summed E-state index contributed by atoms with van der Waals surface area (Å²) in [5, 5.41) is 2.88. The van der Waals surface area contributed by atoms with Gasteiger partial charge in [-0.05, 0) is 25.0 Å². The molecule has 0 radical (unpaired) electrons. The Morgan fingerprint density at radius 1 is 1.29 bits per heavy atom. The van der Waals surface area contributed by atoms with Crippen molar-refractivity contribution in [3.05, 3.63) is 23.7 Å². The molecule has 1 saturated carbocycles. The van der Waals surface area contributed by atoms with Crippen LogP contribution >= 0.6 is 0 Å². The second-order valence-electron chi connectivity index (χ2n) is 5.18. The predicted molar refractivity (Wildman–Crippen MR) is 68.8 cm³/mol. The molecular formula is C14H18F3NO3. The van der Waals surface area contributed by atoms with E-state index in [-0.39, 0.29) is 30.1 Å². The Balaban J connectivity index is 1.79. The zero-order chi connectivity index (χ0) is 15.3. The molecule has 1 aromatic rings. The lowest BCUT2D eigenvalue weighted by atomic mass is 9.95. The van der Waals surface area contributed by atoms with Crippen molar-refractivity contribution in [1.82, 2.24) is 5.32 Å². The summed E-state index contributed by atoms with van der Waals surface area (Å²) in [5.41, 5.74) is 0. The van der Waals surface area contributed by atoms with Crippen LogP contribution in [-0.2, 0) is 11.3 Å². The Labute approximate surface area is 120 Å². The van der Waals surface area contributed by atoms with Crippen LogP contribution in [-0.4, -0.2) is 24.7 Å². The molecule has 0 saturated heterocycles. The van der Waals surface area contributed by atoms with Gasteiger partial charge < -0.3 is 14.5 Å². The molecule has 1 N–H and O–H groups in total. The van der Waals surface area contributed by atoms with Crippen molar-refractivity contribution in [2.24, 2.45) is 0 Å². The van der Waals surface area contributed by atoms with E-state index in [4.69, 9.17) is 4.42 Å². The fourth-order valence-corrected chi connectivity index (χ4v) is 2.35. The SMILES string of the molecule is O=C(NC1CCCCC1)c1ccc(COCC(F)(F)F)o1. The highest BCUT2D eigenvalue weighted by Gasteiger charge is 2.27. The number of nitrogens with one attached hydrogen (secondary N) is 1. The van der Waals surface area contributed by atoms with Crippen LogP contribution in [0.15, 0.2) is 16.5 Å².